The van der Waals surface area contributed by atoms with Crippen molar-refractivity contribution in [3.8, 4) is 0 Å². The normalized spacial score (nSPS) is 23.7. The lowest BCUT2D eigenvalue weighted by molar-refractivity contribution is -0.137. The van der Waals surface area contributed by atoms with Crippen molar-refractivity contribution < 1.29 is 14.3 Å². The highest BCUT2D eigenvalue weighted by Gasteiger charge is 2.31. The molecule has 3 heterocycles. The minimum Gasteiger partial charge on any atom is -0.444 e. The van der Waals surface area contributed by atoms with Gasteiger partial charge >= 0.3 is 6.09 Å². The number of amides is 2. The van der Waals surface area contributed by atoms with Crippen LogP contribution in [0.2, 0.25) is 0 Å². The van der Waals surface area contributed by atoms with Crippen LogP contribution in [0, 0.1) is 11.8 Å². The minimum absolute atomic E-state index is 0.182. The van der Waals surface area contributed by atoms with Crippen LogP contribution in [0.15, 0.2) is 0 Å². The molecule has 0 unspecified atom stereocenters. The van der Waals surface area contributed by atoms with Crippen LogP contribution in [0.1, 0.15) is 46.5 Å². The molecule has 0 radical (unpaired) electrons. The molecule has 0 saturated carbocycles. The maximum absolute atomic E-state index is 12.7. The van der Waals surface area contributed by atoms with Gasteiger partial charge in [-0.1, -0.05) is 0 Å². The summed E-state index contributed by atoms with van der Waals surface area (Å²) in [6.07, 6.45) is 3.87. The summed E-state index contributed by atoms with van der Waals surface area (Å²) in [5.74, 6) is 1.22. The molecule has 3 saturated heterocycles. The lowest BCUT2D eigenvalue weighted by Gasteiger charge is -2.39. The van der Waals surface area contributed by atoms with Crippen LogP contribution in [0.5, 0.6) is 0 Å². The Hall–Kier alpha value is -1.34. The van der Waals surface area contributed by atoms with Crippen LogP contribution < -0.4 is 5.32 Å². The zero-order chi connectivity index (χ0) is 20.1. The number of rotatable bonds is 3. The van der Waals surface area contributed by atoms with Crippen LogP contribution in [-0.2, 0) is 9.53 Å². The van der Waals surface area contributed by atoms with Crippen LogP contribution in [-0.4, -0.2) is 91.2 Å². The monoisotopic (exact) mass is 394 g/mol. The third-order valence-electron chi connectivity index (χ3n) is 6.15. The van der Waals surface area contributed by atoms with Gasteiger partial charge in [0.05, 0.1) is 0 Å². The topological polar surface area (TPSA) is 65.1 Å². The molecule has 1 N–H and O–H groups in total. The molecule has 3 aliphatic rings. The minimum atomic E-state index is -0.430. The highest BCUT2D eigenvalue weighted by atomic mass is 16.6. The van der Waals surface area contributed by atoms with Gasteiger partial charge in [-0.15, -0.1) is 0 Å². The Morgan fingerprint density at radius 3 is 2.07 bits per heavy atom. The number of nitrogens with zero attached hydrogens (tertiary/aromatic N) is 3. The number of carbonyl (C=O) groups is 2. The van der Waals surface area contributed by atoms with Crippen molar-refractivity contribution in [1.82, 2.24) is 20.0 Å². The van der Waals surface area contributed by atoms with Crippen molar-refractivity contribution in [2.24, 2.45) is 11.8 Å². The number of hydrogen-bond donors (Lipinski definition) is 1. The van der Waals surface area contributed by atoms with E-state index in [0.29, 0.717) is 11.8 Å². The van der Waals surface area contributed by atoms with Crippen molar-refractivity contribution in [1.29, 1.82) is 0 Å². The third kappa shape index (κ3) is 6.08. The summed E-state index contributed by atoms with van der Waals surface area (Å²) in [5.41, 5.74) is -0.430. The summed E-state index contributed by atoms with van der Waals surface area (Å²) in [6.45, 7) is 14.0. The summed E-state index contributed by atoms with van der Waals surface area (Å²) in [7, 11) is 0. The summed E-state index contributed by atoms with van der Waals surface area (Å²) >= 11 is 0. The summed E-state index contributed by atoms with van der Waals surface area (Å²) in [6, 6.07) is 0. The number of ether oxygens (including phenoxy) is 1. The van der Waals surface area contributed by atoms with E-state index in [1.165, 1.54) is 0 Å². The van der Waals surface area contributed by atoms with E-state index >= 15 is 0 Å². The first kappa shape index (κ1) is 21.4. The van der Waals surface area contributed by atoms with Crippen LogP contribution in [0.4, 0.5) is 4.79 Å². The predicted molar refractivity (Wildman–Crippen MR) is 109 cm³/mol. The molecular weight excluding hydrogens is 356 g/mol. The highest BCUT2D eigenvalue weighted by molar-refractivity contribution is 5.79. The van der Waals surface area contributed by atoms with Crippen molar-refractivity contribution in [3.63, 3.8) is 0 Å². The average Bonchev–Trinajstić information content (AvgIpc) is 2.68. The van der Waals surface area contributed by atoms with Crippen molar-refractivity contribution in [2.45, 2.75) is 52.1 Å². The zero-order valence-electron chi connectivity index (χ0n) is 17.9. The van der Waals surface area contributed by atoms with Gasteiger partial charge in [0.1, 0.15) is 5.60 Å². The number of hydrogen-bond acceptors (Lipinski definition) is 5. The quantitative estimate of drug-likeness (QED) is 0.790. The summed E-state index contributed by atoms with van der Waals surface area (Å²) < 4.78 is 5.48. The molecule has 2 amide bonds. The predicted octanol–water partition coefficient (Wildman–Crippen LogP) is 1.78. The number of nitrogens with one attached hydrogen (secondary N) is 1. The maximum Gasteiger partial charge on any atom is 0.410 e. The van der Waals surface area contributed by atoms with Crippen molar-refractivity contribution in [3.05, 3.63) is 0 Å². The molecular formula is C21H38N4O3. The van der Waals surface area contributed by atoms with Crippen molar-refractivity contribution >= 4 is 12.0 Å². The van der Waals surface area contributed by atoms with Gasteiger partial charge in [-0.2, -0.15) is 0 Å². The van der Waals surface area contributed by atoms with Crippen LogP contribution in [0.3, 0.4) is 0 Å². The molecule has 0 bridgehead atoms. The Kier molecular flexibility index (Phi) is 7.20. The molecule has 0 atom stereocenters. The van der Waals surface area contributed by atoms with Crippen LogP contribution in [0.25, 0.3) is 0 Å². The van der Waals surface area contributed by atoms with Crippen LogP contribution >= 0.6 is 0 Å². The van der Waals surface area contributed by atoms with Gasteiger partial charge in [-0.3, -0.25) is 4.79 Å². The molecule has 3 aliphatic heterocycles. The molecule has 0 aromatic heterocycles. The molecule has 0 aromatic carbocycles. The molecule has 0 aliphatic carbocycles. The second kappa shape index (κ2) is 9.44. The first-order valence-corrected chi connectivity index (χ1v) is 11.0. The Bertz CT molecular complexity index is 526. The van der Waals surface area contributed by atoms with E-state index < -0.39 is 5.60 Å². The Morgan fingerprint density at radius 2 is 1.50 bits per heavy atom. The Morgan fingerprint density at radius 1 is 0.893 bits per heavy atom. The fourth-order valence-corrected chi connectivity index (χ4v) is 4.50. The zero-order valence-corrected chi connectivity index (χ0v) is 17.9. The van der Waals surface area contributed by atoms with E-state index in [4.69, 9.17) is 4.74 Å². The lowest BCUT2D eigenvalue weighted by Crippen LogP contribution is -2.50. The van der Waals surface area contributed by atoms with E-state index in [1.54, 1.807) is 0 Å². The SMILES string of the molecule is CC(C)(C)OC(=O)N1CCC(CN2CCC(C(=O)N3CCNCC3)CC2)CC1. The van der Waals surface area contributed by atoms with Crippen molar-refractivity contribution in [2.75, 3.05) is 58.9 Å². The molecule has 3 rings (SSSR count). The second-order valence-electron chi connectivity index (χ2n) is 9.56. The van der Waals surface area contributed by atoms with Gasteiger partial charge in [-0.05, 0) is 65.5 Å². The average molecular weight is 395 g/mol. The van der Waals surface area contributed by atoms with E-state index in [-0.39, 0.29) is 12.0 Å². The fourth-order valence-electron chi connectivity index (χ4n) is 4.50. The number of carbonyl (C=O) groups excluding carboxylic acids is 2. The molecule has 160 valence electrons. The standard InChI is InChI=1S/C21H38N4O3/c1-21(2,3)28-20(27)25-12-4-17(5-13-25)16-23-10-6-18(7-11-23)19(26)24-14-8-22-9-15-24/h17-18,22H,4-16H2,1-3H3. The smallest absolute Gasteiger partial charge is 0.410 e. The molecule has 0 aromatic rings. The molecule has 7 nitrogen and oxygen atoms in total. The van der Waals surface area contributed by atoms with Gasteiger partial charge in [0.15, 0.2) is 0 Å². The van der Waals surface area contributed by atoms with Gasteiger partial charge in [0, 0.05) is 51.7 Å². The second-order valence-corrected chi connectivity index (χ2v) is 9.56. The highest BCUT2D eigenvalue weighted by Crippen LogP contribution is 2.24. The van der Waals surface area contributed by atoms with Gasteiger partial charge in [0.25, 0.3) is 0 Å². The van der Waals surface area contributed by atoms with E-state index in [0.717, 1.165) is 84.6 Å². The lowest BCUT2D eigenvalue weighted by atomic mass is 9.92. The molecule has 28 heavy (non-hydrogen) atoms. The fraction of sp³-hybridized carbons (Fsp3) is 0.905. The van der Waals surface area contributed by atoms with Gasteiger partial charge in [-0.25, -0.2) is 4.79 Å². The van der Waals surface area contributed by atoms with Gasteiger partial charge in [0.2, 0.25) is 5.91 Å². The molecule has 3 fully saturated rings. The maximum atomic E-state index is 12.7. The first-order chi connectivity index (χ1) is 13.3. The number of piperazine rings is 1. The Labute approximate surface area is 169 Å². The summed E-state index contributed by atoms with van der Waals surface area (Å²) in [5, 5.41) is 3.31. The van der Waals surface area contributed by atoms with Gasteiger partial charge < -0.3 is 24.8 Å². The number of piperidine rings is 2. The Balaban J connectivity index is 1.35. The first-order valence-electron chi connectivity index (χ1n) is 11.0. The van der Waals surface area contributed by atoms with E-state index in [9.17, 15) is 9.59 Å². The molecule has 7 heteroatoms. The molecule has 0 spiro atoms. The largest absolute Gasteiger partial charge is 0.444 e. The summed E-state index contributed by atoms with van der Waals surface area (Å²) in [4.78, 5) is 31.3. The number of likely N-dealkylation sites (tertiary alicyclic amines) is 2. The van der Waals surface area contributed by atoms with E-state index in [2.05, 4.69) is 10.2 Å². The third-order valence-corrected chi connectivity index (χ3v) is 6.15. The van der Waals surface area contributed by atoms with E-state index in [1.807, 2.05) is 30.6 Å².